The predicted molar refractivity (Wildman–Crippen MR) is 78.2 cm³/mol. The summed E-state index contributed by atoms with van der Waals surface area (Å²) in [6, 6.07) is 4.79. The zero-order valence-corrected chi connectivity index (χ0v) is 12.2. The molecule has 0 spiro atoms. The van der Waals surface area contributed by atoms with Gasteiger partial charge in [-0.2, -0.15) is 0 Å². The van der Waals surface area contributed by atoms with Gasteiger partial charge in [0.1, 0.15) is 0 Å². The van der Waals surface area contributed by atoms with Crippen molar-refractivity contribution in [2.75, 3.05) is 13.2 Å². The minimum Gasteiger partial charge on any atom is -0.375 e. The molecule has 0 amide bonds. The highest BCUT2D eigenvalue weighted by Crippen LogP contribution is 2.31. The van der Waals surface area contributed by atoms with Crippen LogP contribution in [0.3, 0.4) is 0 Å². The first-order valence-corrected chi connectivity index (χ1v) is 7.54. The van der Waals surface area contributed by atoms with Gasteiger partial charge in [0.15, 0.2) is 0 Å². The standard InChI is InChI=1S/C16H26N2O/c1-3-16(4-2)13-15(8-12-19-16)18-11-7-14-5-9-17-10-6-14/h5-6,9-10,15,18H,3-4,7-8,11-13H2,1-2H3. The van der Waals surface area contributed by atoms with E-state index in [2.05, 4.69) is 36.3 Å². The molecular formula is C16H26N2O. The molecule has 1 N–H and O–H groups in total. The Labute approximate surface area is 116 Å². The van der Waals surface area contributed by atoms with E-state index in [1.807, 2.05) is 12.4 Å². The third-order valence-corrected chi connectivity index (χ3v) is 4.38. The Balaban J connectivity index is 1.77. The van der Waals surface area contributed by atoms with E-state index in [0.717, 1.165) is 45.3 Å². The number of hydrogen-bond donors (Lipinski definition) is 1. The minimum atomic E-state index is 0.118. The third-order valence-electron chi connectivity index (χ3n) is 4.38. The molecule has 3 nitrogen and oxygen atoms in total. The van der Waals surface area contributed by atoms with Crippen molar-refractivity contribution in [1.82, 2.24) is 10.3 Å². The van der Waals surface area contributed by atoms with Gasteiger partial charge >= 0.3 is 0 Å². The van der Waals surface area contributed by atoms with Crippen molar-refractivity contribution < 1.29 is 4.74 Å². The summed E-state index contributed by atoms with van der Waals surface area (Å²) < 4.78 is 6.01. The number of rotatable bonds is 6. The van der Waals surface area contributed by atoms with Gasteiger partial charge in [-0.1, -0.05) is 13.8 Å². The van der Waals surface area contributed by atoms with Gasteiger partial charge in [-0.25, -0.2) is 0 Å². The van der Waals surface area contributed by atoms with Gasteiger partial charge in [-0.15, -0.1) is 0 Å². The van der Waals surface area contributed by atoms with Crippen molar-refractivity contribution in [3.63, 3.8) is 0 Å². The summed E-state index contributed by atoms with van der Waals surface area (Å²) in [4.78, 5) is 4.05. The lowest BCUT2D eigenvalue weighted by Gasteiger charge is -2.40. The maximum Gasteiger partial charge on any atom is 0.0692 e. The molecule has 0 radical (unpaired) electrons. The third kappa shape index (κ3) is 4.02. The van der Waals surface area contributed by atoms with Crippen LogP contribution in [0.15, 0.2) is 24.5 Å². The second-order valence-corrected chi connectivity index (χ2v) is 5.49. The van der Waals surface area contributed by atoms with Crippen LogP contribution in [0, 0.1) is 0 Å². The molecule has 0 aliphatic carbocycles. The van der Waals surface area contributed by atoms with E-state index < -0.39 is 0 Å². The lowest BCUT2D eigenvalue weighted by molar-refractivity contribution is -0.0929. The number of pyridine rings is 1. The van der Waals surface area contributed by atoms with E-state index in [1.165, 1.54) is 5.56 Å². The van der Waals surface area contributed by atoms with E-state index >= 15 is 0 Å². The molecule has 1 unspecified atom stereocenters. The maximum atomic E-state index is 6.01. The minimum absolute atomic E-state index is 0.118. The fraction of sp³-hybridized carbons (Fsp3) is 0.688. The SMILES string of the molecule is CCC1(CC)CC(NCCc2ccncc2)CCO1. The van der Waals surface area contributed by atoms with Gasteiger partial charge in [0.05, 0.1) is 5.60 Å². The molecule has 1 fully saturated rings. The number of nitrogens with one attached hydrogen (secondary N) is 1. The largest absolute Gasteiger partial charge is 0.375 e. The number of hydrogen-bond acceptors (Lipinski definition) is 3. The van der Waals surface area contributed by atoms with Crippen molar-refractivity contribution >= 4 is 0 Å². The highest BCUT2D eigenvalue weighted by atomic mass is 16.5. The molecule has 0 saturated carbocycles. The fourth-order valence-corrected chi connectivity index (χ4v) is 2.91. The van der Waals surface area contributed by atoms with E-state index in [-0.39, 0.29) is 5.60 Å². The van der Waals surface area contributed by atoms with E-state index in [4.69, 9.17) is 4.74 Å². The van der Waals surface area contributed by atoms with Crippen molar-refractivity contribution in [3.05, 3.63) is 30.1 Å². The molecule has 1 atom stereocenters. The van der Waals surface area contributed by atoms with Gasteiger partial charge in [-0.05, 0) is 56.3 Å². The van der Waals surface area contributed by atoms with Crippen molar-refractivity contribution in [1.29, 1.82) is 0 Å². The Hall–Kier alpha value is -0.930. The lowest BCUT2D eigenvalue weighted by Crippen LogP contribution is -2.46. The molecule has 0 bridgehead atoms. The Morgan fingerprint density at radius 2 is 2.05 bits per heavy atom. The van der Waals surface area contributed by atoms with Gasteiger partial charge < -0.3 is 10.1 Å². The first kappa shape index (κ1) is 14.5. The first-order valence-electron chi connectivity index (χ1n) is 7.54. The Kier molecular flexibility index (Phi) is 5.34. The summed E-state index contributed by atoms with van der Waals surface area (Å²) in [6.45, 7) is 6.42. The van der Waals surface area contributed by atoms with Crippen LogP contribution in [0.5, 0.6) is 0 Å². The average molecular weight is 262 g/mol. The van der Waals surface area contributed by atoms with Crippen LogP contribution in [0.4, 0.5) is 0 Å². The summed E-state index contributed by atoms with van der Waals surface area (Å²) in [5.41, 5.74) is 1.47. The molecule has 1 aliphatic heterocycles. The topological polar surface area (TPSA) is 34.2 Å². The average Bonchev–Trinajstić information content (AvgIpc) is 2.48. The second kappa shape index (κ2) is 7.01. The molecule has 2 heterocycles. The Morgan fingerprint density at radius 3 is 2.74 bits per heavy atom. The smallest absolute Gasteiger partial charge is 0.0692 e. The zero-order chi connectivity index (χ0) is 13.6. The fourth-order valence-electron chi connectivity index (χ4n) is 2.91. The molecule has 106 valence electrons. The summed E-state index contributed by atoms with van der Waals surface area (Å²) in [7, 11) is 0. The Bertz CT molecular complexity index is 362. The van der Waals surface area contributed by atoms with Gasteiger partial charge in [0.25, 0.3) is 0 Å². The molecule has 3 heteroatoms. The zero-order valence-electron chi connectivity index (χ0n) is 12.2. The van der Waals surface area contributed by atoms with Crippen LogP contribution in [0.25, 0.3) is 0 Å². The lowest BCUT2D eigenvalue weighted by atomic mass is 9.86. The summed E-state index contributed by atoms with van der Waals surface area (Å²) in [6.07, 6.45) is 9.32. The number of nitrogens with zero attached hydrogens (tertiary/aromatic N) is 1. The van der Waals surface area contributed by atoms with Crippen molar-refractivity contribution in [2.24, 2.45) is 0 Å². The highest BCUT2D eigenvalue weighted by Gasteiger charge is 2.33. The molecule has 1 aromatic heterocycles. The molecule has 2 rings (SSSR count). The van der Waals surface area contributed by atoms with Gasteiger partial charge in [0, 0.05) is 25.0 Å². The van der Waals surface area contributed by atoms with Gasteiger partial charge in [0.2, 0.25) is 0 Å². The molecular weight excluding hydrogens is 236 g/mol. The number of ether oxygens (including phenoxy) is 1. The maximum absolute atomic E-state index is 6.01. The van der Waals surface area contributed by atoms with Crippen LogP contribution in [-0.2, 0) is 11.2 Å². The van der Waals surface area contributed by atoms with E-state index in [9.17, 15) is 0 Å². The van der Waals surface area contributed by atoms with Crippen LogP contribution in [0.2, 0.25) is 0 Å². The van der Waals surface area contributed by atoms with Crippen LogP contribution in [-0.4, -0.2) is 29.8 Å². The molecule has 0 aromatic carbocycles. The van der Waals surface area contributed by atoms with Crippen LogP contribution in [0.1, 0.15) is 45.1 Å². The van der Waals surface area contributed by atoms with Crippen LogP contribution >= 0.6 is 0 Å². The Morgan fingerprint density at radius 1 is 1.32 bits per heavy atom. The van der Waals surface area contributed by atoms with Crippen molar-refractivity contribution in [3.8, 4) is 0 Å². The van der Waals surface area contributed by atoms with E-state index in [0.29, 0.717) is 6.04 Å². The van der Waals surface area contributed by atoms with Gasteiger partial charge in [-0.3, -0.25) is 4.98 Å². The quantitative estimate of drug-likeness (QED) is 0.856. The van der Waals surface area contributed by atoms with Crippen molar-refractivity contribution in [2.45, 2.75) is 57.6 Å². The first-order chi connectivity index (χ1) is 9.28. The second-order valence-electron chi connectivity index (χ2n) is 5.49. The normalized spacial score (nSPS) is 22.3. The predicted octanol–water partition coefficient (Wildman–Crippen LogP) is 2.95. The molecule has 1 saturated heterocycles. The summed E-state index contributed by atoms with van der Waals surface area (Å²) in [5, 5.41) is 3.69. The summed E-state index contributed by atoms with van der Waals surface area (Å²) in [5.74, 6) is 0. The molecule has 1 aromatic rings. The monoisotopic (exact) mass is 262 g/mol. The summed E-state index contributed by atoms with van der Waals surface area (Å²) >= 11 is 0. The molecule has 19 heavy (non-hydrogen) atoms. The van der Waals surface area contributed by atoms with Crippen LogP contribution < -0.4 is 5.32 Å². The highest BCUT2D eigenvalue weighted by molar-refractivity contribution is 5.09. The number of aromatic nitrogens is 1. The molecule has 1 aliphatic rings. The van der Waals surface area contributed by atoms with E-state index in [1.54, 1.807) is 0 Å².